The third-order valence-corrected chi connectivity index (χ3v) is 5.06. The number of ether oxygens (including phenoxy) is 1. The normalized spacial score (nSPS) is 11.3. The number of nitriles is 1. The standard InChI is InChI=1S/C25H31ClN2O2/c1-17(2)11-12-28(24(29)30-25(4,5)6)16-21-9-8-20(14-23(21)26)22-10-7-19(15-27)13-18(22)3/h7-10,13-14,17H,11-12,16H2,1-6H3. The minimum Gasteiger partial charge on any atom is -0.444 e. The van der Waals surface area contributed by atoms with Crippen LogP contribution in [-0.4, -0.2) is 23.1 Å². The number of carbonyl (C=O) groups is 1. The summed E-state index contributed by atoms with van der Waals surface area (Å²) in [6, 6.07) is 13.7. The van der Waals surface area contributed by atoms with Crippen LogP contribution in [0.25, 0.3) is 11.1 Å². The van der Waals surface area contributed by atoms with Gasteiger partial charge in [-0.3, -0.25) is 0 Å². The van der Waals surface area contributed by atoms with Crippen LogP contribution in [0.4, 0.5) is 4.79 Å². The van der Waals surface area contributed by atoms with Crippen LogP contribution in [0.15, 0.2) is 36.4 Å². The van der Waals surface area contributed by atoms with Gasteiger partial charge in [-0.25, -0.2) is 4.79 Å². The second-order valence-corrected chi connectivity index (χ2v) is 9.44. The van der Waals surface area contributed by atoms with Crippen LogP contribution in [-0.2, 0) is 11.3 Å². The second-order valence-electron chi connectivity index (χ2n) is 9.03. The Morgan fingerprint density at radius 3 is 2.43 bits per heavy atom. The molecule has 0 saturated carbocycles. The number of amides is 1. The molecule has 0 fully saturated rings. The molecule has 1 amide bonds. The van der Waals surface area contributed by atoms with Gasteiger partial charge in [-0.05, 0) is 80.5 Å². The van der Waals surface area contributed by atoms with E-state index in [9.17, 15) is 4.79 Å². The Balaban J connectivity index is 2.26. The van der Waals surface area contributed by atoms with E-state index in [1.807, 2.05) is 58.0 Å². The molecule has 0 bridgehead atoms. The number of halogens is 1. The average Bonchev–Trinajstić information content (AvgIpc) is 2.64. The molecule has 30 heavy (non-hydrogen) atoms. The van der Waals surface area contributed by atoms with Crippen molar-refractivity contribution in [3.8, 4) is 17.2 Å². The van der Waals surface area contributed by atoms with Crippen molar-refractivity contribution in [2.45, 2.75) is 60.1 Å². The van der Waals surface area contributed by atoms with Crippen LogP contribution in [0.1, 0.15) is 57.7 Å². The van der Waals surface area contributed by atoms with E-state index in [1.165, 1.54) is 0 Å². The van der Waals surface area contributed by atoms with Gasteiger partial charge in [0.2, 0.25) is 0 Å². The van der Waals surface area contributed by atoms with E-state index in [1.54, 1.807) is 11.0 Å². The fraction of sp³-hybridized carbons (Fsp3) is 0.440. The van der Waals surface area contributed by atoms with Gasteiger partial charge in [0.25, 0.3) is 0 Å². The fourth-order valence-corrected chi connectivity index (χ4v) is 3.32. The molecule has 0 aliphatic rings. The van der Waals surface area contributed by atoms with Gasteiger partial charge in [0.15, 0.2) is 0 Å². The van der Waals surface area contributed by atoms with E-state index in [0.717, 1.165) is 28.7 Å². The van der Waals surface area contributed by atoms with Gasteiger partial charge in [0.1, 0.15) is 5.60 Å². The second kappa shape index (κ2) is 10.00. The summed E-state index contributed by atoms with van der Waals surface area (Å²) in [5.41, 5.74) is 4.00. The molecule has 0 N–H and O–H groups in total. The van der Waals surface area contributed by atoms with Crippen molar-refractivity contribution in [2.24, 2.45) is 5.92 Å². The minimum absolute atomic E-state index is 0.328. The highest BCUT2D eigenvalue weighted by molar-refractivity contribution is 6.31. The highest BCUT2D eigenvalue weighted by atomic mass is 35.5. The summed E-state index contributed by atoms with van der Waals surface area (Å²) in [6.07, 6.45) is 0.561. The Hall–Kier alpha value is -2.51. The van der Waals surface area contributed by atoms with Crippen molar-refractivity contribution >= 4 is 17.7 Å². The minimum atomic E-state index is -0.548. The lowest BCUT2D eigenvalue weighted by atomic mass is 9.97. The van der Waals surface area contributed by atoms with E-state index in [4.69, 9.17) is 21.6 Å². The van der Waals surface area contributed by atoms with Crippen molar-refractivity contribution in [1.82, 2.24) is 4.90 Å². The summed E-state index contributed by atoms with van der Waals surface area (Å²) in [5, 5.41) is 9.67. The van der Waals surface area contributed by atoms with Gasteiger partial charge in [-0.2, -0.15) is 5.26 Å². The lowest BCUT2D eigenvalue weighted by molar-refractivity contribution is 0.0226. The molecule has 2 aromatic rings. The Morgan fingerprint density at radius 2 is 1.90 bits per heavy atom. The highest BCUT2D eigenvalue weighted by Crippen LogP contribution is 2.29. The largest absolute Gasteiger partial charge is 0.444 e. The van der Waals surface area contributed by atoms with Gasteiger partial charge >= 0.3 is 6.09 Å². The molecular weight excluding hydrogens is 396 g/mol. The van der Waals surface area contributed by atoms with Crippen LogP contribution in [0.2, 0.25) is 5.02 Å². The number of rotatable bonds is 6. The highest BCUT2D eigenvalue weighted by Gasteiger charge is 2.23. The Kier molecular flexibility index (Phi) is 7.92. The molecule has 0 aliphatic carbocycles. The van der Waals surface area contributed by atoms with E-state index in [-0.39, 0.29) is 6.09 Å². The molecular formula is C25H31ClN2O2. The predicted molar refractivity (Wildman–Crippen MR) is 122 cm³/mol. The first-order valence-electron chi connectivity index (χ1n) is 10.3. The summed E-state index contributed by atoms with van der Waals surface area (Å²) >= 11 is 6.60. The first-order valence-corrected chi connectivity index (χ1v) is 10.7. The molecule has 5 heteroatoms. The van der Waals surface area contributed by atoms with Crippen LogP contribution in [0.3, 0.4) is 0 Å². The smallest absolute Gasteiger partial charge is 0.410 e. The van der Waals surface area contributed by atoms with Gasteiger partial charge < -0.3 is 9.64 Å². The molecule has 0 aliphatic heterocycles. The van der Waals surface area contributed by atoms with Gasteiger partial charge in [-0.1, -0.05) is 43.6 Å². The SMILES string of the molecule is Cc1cc(C#N)ccc1-c1ccc(CN(CCC(C)C)C(=O)OC(C)(C)C)c(Cl)c1. The van der Waals surface area contributed by atoms with Crippen LogP contribution < -0.4 is 0 Å². The zero-order valence-electron chi connectivity index (χ0n) is 18.8. The number of nitrogens with zero attached hydrogens (tertiary/aromatic N) is 2. The molecule has 0 unspecified atom stereocenters. The molecule has 0 radical (unpaired) electrons. The lowest BCUT2D eigenvalue weighted by Gasteiger charge is -2.28. The summed E-state index contributed by atoms with van der Waals surface area (Å²) in [5.74, 6) is 0.479. The van der Waals surface area contributed by atoms with Crippen molar-refractivity contribution in [3.05, 3.63) is 58.1 Å². The fourth-order valence-electron chi connectivity index (χ4n) is 3.08. The van der Waals surface area contributed by atoms with Gasteiger partial charge in [0.05, 0.1) is 18.2 Å². The van der Waals surface area contributed by atoms with Crippen LogP contribution >= 0.6 is 11.6 Å². The van der Waals surface area contributed by atoms with Gasteiger partial charge in [0, 0.05) is 11.6 Å². The van der Waals surface area contributed by atoms with E-state index < -0.39 is 5.60 Å². The lowest BCUT2D eigenvalue weighted by Crippen LogP contribution is -2.37. The Morgan fingerprint density at radius 1 is 1.20 bits per heavy atom. The third-order valence-electron chi connectivity index (χ3n) is 4.71. The van der Waals surface area contributed by atoms with Crippen LogP contribution in [0.5, 0.6) is 0 Å². The van der Waals surface area contributed by atoms with Crippen molar-refractivity contribution in [3.63, 3.8) is 0 Å². The van der Waals surface area contributed by atoms with Crippen molar-refractivity contribution < 1.29 is 9.53 Å². The number of hydrogen-bond acceptors (Lipinski definition) is 3. The number of carbonyl (C=O) groups excluding carboxylic acids is 1. The molecule has 0 heterocycles. The zero-order valence-corrected chi connectivity index (χ0v) is 19.5. The first kappa shape index (κ1) is 23.8. The maximum atomic E-state index is 12.7. The maximum Gasteiger partial charge on any atom is 0.410 e. The molecule has 0 saturated heterocycles. The van der Waals surface area contributed by atoms with E-state index in [2.05, 4.69) is 19.9 Å². The van der Waals surface area contributed by atoms with E-state index in [0.29, 0.717) is 29.6 Å². The zero-order chi connectivity index (χ0) is 22.5. The molecule has 0 atom stereocenters. The molecule has 160 valence electrons. The summed E-state index contributed by atoms with van der Waals surface area (Å²) in [6.45, 7) is 12.9. The number of hydrogen-bond donors (Lipinski definition) is 0. The maximum absolute atomic E-state index is 12.7. The third kappa shape index (κ3) is 6.78. The molecule has 0 spiro atoms. The van der Waals surface area contributed by atoms with Gasteiger partial charge in [-0.15, -0.1) is 0 Å². The molecule has 0 aromatic heterocycles. The Labute approximate surface area is 185 Å². The average molecular weight is 427 g/mol. The first-order chi connectivity index (χ1) is 14.0. The van der Waals surface area contributed by atoms with Crippen LogP contribution in [0, 0.1) is 24.2 Å². The number of aryl methyl sites for hydroxylation is 1. The Bertz CT molecular complexity index is 939. The van der Waals surface area contributed by atoms with Crippen molar-refractivity contribution in [2.75, 3.05) is 6.54 Å². The molecule has 2 rings (SSSR count). The predicted octanol–water partition coefficient (Wildman–Crippen LogP) is 6.97. The summed E-state index contributed by atoms with van der Waals surface area (Å²) < 4.78 is 5.59. The molecule has 2 aromatic carbocycles. The quantitative estimate of drug-likeness (QED) is 0.501. The van der Waals surface area contributed by atoms with E-state index >= 15 is 0 Å². The molecule has 4 nitrogen and oxygen atoms in total. The number of benzene rings is 2. The summed E-state index contributed by atoms with van der Waals surface area (Å²) in [7, 11) is 0. The summed E-state index contributed by atoms with van der Waals surface area (Å²) in [4.78, 5) is 14.4. The monoisotopic (exact) mass is 426 g/mol. The van der Waals surface area contributed by atoms with Crippen molar-refractivity contribution in [1.29, 1.82) is 5.26 Å². The topological polar surface area (TPSA) is 53.3 Å².